The highest BCUT2D eigenvalue weighted by molar-refractivity contribution is 5.98. The SMILES string of the molecule is CCCCCCOC(=O)OC1CCc2cc(C(C)=O)c(OCCCCCOc3ccc(C(C)=O)c(O)c3CCC)cc2O1. The minimum Gasteiger partial charge on any atom is -0.507 e. The van der Waals surface area contributed by atoms with E-state index in [2.05, 4.69) is 6.92 Å². The number of carbonyl (C=O) groups is 3. The zero-order valence-electron chi connectivity index (χ0n) is 26.0. The largest absolute Gasteiger partial charge is 0.511 e. The van der Waals surface area contributed by atoms with E-state index in [4.69, 9.17) is 23.7 Å². The minimum absolute atomic E-state index is 0.00572. The van der Waals surface area contributed by atoms with Crippen molar-refractivity contribution in [1.82, 2.24) is 0 Å². The lowest BCUT2D eigenvalue weighted by molar-refractivity contribution is -0.0738. The van der Waals surface area contributed by atoms with E-state index in [-0.39, 0.29) is 17.3 Å². The van der Waals surface area contributed by atoms with Crippen molar-refractivity contribution in [3.63, 3.8) is 0 Å². The molecule has 0 spiro atoms. The quantitative estimate of drug-likeness (QED) is 0.104. The van der Waals surface area contributed by atoms with Gasteiger partial charge in [-0.2, -0.15) is 0 Å². The van der Waals surface area contributed by atoms with E-state index in [1.165, 1.54) is 13.8 Å². The fourth-order valence-electron chi connectivity index (χ4n) is 4.96. The summed E-state index contributed by atoms with van der Waals surface area (Å²) < 4.78 is 28.4. The number of phenols is 1. The van der Waals surface area contributed by atoms with Crippen molar-refractivity contribution in [3.05, 3.63) is 46.5 Å². The predicted octanol–water partition coefficient (Wildman–Crippen LogP) is 7.76. The van der Waals surface area contributed by atoms with Gasteiger partial charge in [0.15, 0.2) is 11.6 Å². The van der Waals surface area contributed by atoms with Crippen molar-refractivity contribution in [3.8, 4) is 23.0 Å². The molecule has 1 atom stereocenters. The van der Waals surface area contributed by atoms with Gasteiger partial charge in [-0.3, -0.25) is 9.59 Å². The summed E-state index contributed by atoms with van der Waals surface area (Å²) in [5.74, 6) is 1.29. The molecule has 0 fully saturated rings. The molecule has 9 heteroatoms. The Morgan fingerprint density at radius 3 is 2.19 bits per heavy atom. The van der Waals surface area contributed by atoms with Crippen LogP contribution in [0.25, 0.3) is 0 Å². The van der Waals surface area contributed by atoms with E-state index >= 15 is 0 Å². The number of phenolic OH excluding ortho intramolecular Hbond substituents is 1. The van der Waals surface area contributed by atoms with Gasteiger partial charge in [0.25, 0.3) is 0 Å². The van der Waals surface area contributed by atoms with Gasteiger partial charge in [0.1, 0.15) is 23.0 Å². The molecule has 3 rings (SSSR count). The second kappa shape index (κ2) is 17.4. The number of unbranched alkanes of at least 4 members (excludes halogenated alkanes) is 5. The van der Waals surface area contributed by atoms with Crippen LogP contribution in [0.5, 0.6) is 23.0 Å². The van der Waals surface area contributed by atoms with Crippen LogP contribution in [0.1, 0.15) is 117 Å². The zero-order chi connectivity index (χ0) is 31.2. The highest BCUT2D eigenvalue weighted by Crippen LogP contribution is 2.36. The van der Waals surface area contributed by atoms with Crippen LogP contribution in [0.15, 0.2) is 24.3 Å². The second-order valence-corrected chi connectivity index (χ2v) is 10.9. The van der Waals surface area contributed by atoms with Gasteiger partial charge in [0.2, 0.25) is 6.29 Å². The maximum atomic E-state index is 12.3. The van der Waals surface area contributed by atoms with Crippen LogP contribution in [0.4, 0.5) is 4.79 Å². The lowest BCUT2D eigenvalue weighted by Gasteiger charge is -2.26. The third-order valence-electron chi connectivity index (χ3n) is 7.32. The third-order valence-corrected chi connectivity index (χ3v) is 7.32. The summed E-state index contributed by atoms with van der Waals surface area (Å²) in [6, 6.07) is 6.85. The van der Waals surface area contributed by atoms with E-state index < -0.39 is 12.4 Å². The molecule has 0 saturated heterocycles. The molecule has 0 aromatic heterocycles. The van der Waals surface area contributed by atoms with Gasteiger partial charge in [-0.25, -0.2) is 4.79 Å². The normalized spacial score (nSPS) is 13.9. The Morgan fingerprint density at radius 1 is 0.837 bits per heavy atom. The number of Topliss-reactive ketones (excluding diaryl/α,β-unsaturated/α-hetero) is 2. The van der Waals surface area contributed by atoms with Crippen LogP contribution in [0, 0.1) is 0 Å². The second-order valence-electron chi connectivity index (χ2n) is 10.9. The summed E-state index contributed by atoms with van der Waals surface area (Å²) in [5.41, 5.74) is 2.34. The van der Waals surface area contributed by atoms with Crippen LogP contribution in [0.3, 0.4) is 0 Å². The fraction of sp³-hybridized carbons (Fsp3) is 0.559. The molecule has 43 heavy (non-hydrogen) atoms. The molecular formula is C34H46O9. The van der Waals surface area contributed by atoms with Crippen LogP contribution >= 0.6 is 0 Å². The van der Waals surface area contributed by atoms with Crippen molar-refractivity contribution in [2.45, 2.75) is 105 Å². The van der Waals surface area contributed by atoms with E-state index in [0.29, 0.717) is 73.0 Å². The summed E-state index contributed by atoms with van der Waals surface area (Å²) >= 11 is 0. The average molecular weight is 599 g/mol. The standard InChI is InChI=1S/C34H46O9/c1-5-7-8-10-20-41-34(38)43-32-17-14-25-21-28(24(4)36)31(22-30(25)42-32)40-19-12-9-11-18-39-29-16-15-26(23(3)35)33(37)27(29)13-6-2/h15-16,21-22,32,37H,5-14,17-20H2,1-4H3. The number of rotatable bonds is 18. The smallest absolute Gasteiger partial charge is 0.507 e. The molecule has 2 aromatic carbocycles. The Morgan fingerprint density at radius 2 is 1.51 bits per heavy atom. The number of ether oxygens (including phenoxy) is 5. The van der Waals surface area contributed by atoms with Crippen LogP contribution < -0.4 is 14.2 Å². The molecule has 1 aliphatic rings. The van der Waals surface area contributed by atoms with E-state index in [1.54, 1.807) is 24.3 Å². The first-order chi connectivity index (χ1) is 20.7. The molecule has 0 bridgehead atoms. The monoisotopic (exact) mass is 598 g/mol. The Labute approximate surface area is 254 Å². The van der Waals surface area contributed by atoms with E-state index in [1.807, 2.05) is 6.92 Å². The minimum atomic E-state index is -0.759. The Hall–Kier alpha value is -3.75. The lowest BCUT2D eigenvalue weighted by Crippen LogP contribution is -2.29. The van der Waals surface area contributed by atoms with Gasteiger partial charge in [-0.1, -0.05) is 39.5 Å². The van der Waals surface area contributed by atoms with Gasteiger partial charge < -0.3 is 28.8 Å². The van der Waals surface area contributed by atoms with Gasteiger partial charge in [-0.15, -0.1) is 0 Å². The number of fused-ring (bicyclic) bond motifs is 1. The van der Waals surface area contributed by atoms with E-state index in [0.717, 1.165) is 56.9 Å². The molecule has 236 valence electrons. The summed E-state index contributed by atoms with van der Waals surface area (Å²) in [6.45, 7) is 8.26. The maximum Gasteiger partial charge on any atom is 0.511 e. The lowest BCUT2D eigenvalue weighted by atomic mass is 10.00. The van der Waals surface area contributed by atoms with Crippen LogP contribution in [0.2, 0.25) is 0 Å². The van der Waals surface area contributed by atoms with Crippen molar-refractivity contribution < 1.29 is 43.2 Å². The van der Waals surface area contributed by atoms with Crippen molar-refractivity contribution in [2.24, 2.45) is 0 Å². The third kappa shape index (κ3) is 10.2. The highest BCUT2D eigenvalue weighted by atomic mass is 16.8. The zero-order valence-corrected chi connectivity index (χ0v) is 26.0. The topological polar surface area (TPSA) is 118 Å². The van der Waals surface area contributed by atoms with Gasteiger partial charge in [0.05, 0.1) is 30.9 Å². The molecule has 1 N–H and O–H groups in total. The predicted molar refractivity (Wildman–Crippen MR) is 163 cm³/mol. The first-order valence-electron chi connectivity index (χ1n) is 15.5. The molecular weight excluding hydrogens is 552 g/mol. The fourth-order valence-corrected chi connectivity index (χ4v) is 4.96. The molecule has 1 heterocycles. The Bertz CT molecular complexity index is 1240. The summed E-state index contributed by atoms with van der Waals surface area (Å²) in [7, 11) is 0. The van der Waals surface area contributed by atoms with Crippen LogP contribution in [-0.2, 0) is 22.3 Å². The number of carbonyl (C=O) groups excluding carboxylic acids is 3. The summed E-state index contributed by atoms with van der Waals surface area (Å²) in [4.78, 5) is 36.2. The average Bonchev–Trinajstić information content (AvgIpc) is 2.97. The molecule has 0 saturated carbocycles. The van der Waals surface area contributed by atoms with Crippen LogP contribution in [-0.4, -0.2) is 48.9 Å². The molecule has 0 aliphatic carbocycles. The first kappa shape index (κ1) is 33.7. The number of hydrogen-bond donors (Lipinski definition) is 1. The Kier molecular flexibility index (Phi) is 13.6. The maximum absolute atomic E-state index is 12.3. The molecule has 1 aliphatic heterocycles. The number of ketones is 2. The van der Waals surface area contributed by atoms with Crippen molar-refractivity contribution >= 4 is 17.7 Å². The molecule has 9 nitrogen and oxygen atoms in total. The number of benzene rings is 2. The van der Waals surface area contributed by atoms with Gasteiger partial charge in [-0.05, 0) is 76.1 Å². The van der Waals surface area contributed by atoms with Crippen molar-refractivity contribution in [1.29, 1.82) is 0 Å². The molecule has 0 amide bonds. The number of aryl methyl sites for hydroxylation is 1. The van der Waals surface area contributed by atoms with Gasteiger partial charge >= 0.3 is 6.16 Å². The molecule has 2 aromatic rings. The molecule has 1 unspecified atom stereocenters. The van der Waals surface area contributed by atoms with Crippen molar-refractivity contribution in [2.75, 3.05) is 19.8 Å². The van der Waals surface area contributed by atoms with E-state index in [9.17, 15) is 19.5 Å². The first-order valence-corrected chi connectivity index (χ1v) is 15.5. The number of aromatic hydroxyl groups is 1. The highest BCUT2D eigenvalue weighted by Gasteiger charge is 2.26. The Balaban J connectivity index is 1.47. The molecule has 0 radical (unpaired) electrons. The summed E-state index contributed by atoms with van der Waals surface area (Å²) in [6.07, 6.45) is 7.37. The summed E-state index contributed by atoms with van der Waals surface area (Å²) in [5, 5.41) is 10.5. The number of hydrogen-bond acceptors (Lipinski definition) is 9. The van der Waals surface area contributed by atoms with Gasteiger partial charge in [0, 0.05) is 18.1 Å².